The van der Waals surface area contributed by atoms with Crippen LogP contribution in [0.3, 0.4) is 0 Å². The summed E-state index contributed by atoms with van der Waals surface area (Å²) in [6, 6.07) is -0.715. The highest BCUT2D eigenvalue weighted by atomic mass is 32.2. The third-order valence-electron chi connectivity index (χ3n) is 1.82. The fourth-order valence-corrected chi connectivity index (χ4v) is 1.78. The van der Waals surface area contributed by atoms with Crippen molar-refractivity contribution in [1.82, 2.24) is 4.72 Å². The van der Waals surface area contributed by atoms with E-state index in [0.717, 1.165) is 12.8 Å². The van der Waals surface area contributed by atoms with Crippen LogP contribution in [0.4, 0.5) is 4.79 Å². The van der Waals surface area contributed by atoms with Gasteiger partial charge in [0.05, 0.1) is 0 Å². The molecule has 0 heterocycles. The zero-order valence-corrected chi connectivity index (χ0v) is 11.6. The molecule has 0 spiro atoms. The highest BCUT2D eigenvalue weighted by molar-refractivity contribution is 8.11. The minimum Gasteiger partial charge on any atom is -0.480 e. The first-order valence-corrected chi connectivity index (χ1v) is 6.46. The Kier molecular flexibility index (Phi) is 7.22. The molecule has 0 saturated carbocycles. The molecule has 6 heteroatoms. The molecule has 0 rings (SSSR count). The van der Waals surface area contributed by atoms with Gasteiger partial charge in [0.25, 0.3) is 0 Å². The van der Waals surface area contributed by atoms with Crippen molar-refractivity contribution in [1.29, 1.82) is 0 Å². The Hall–Kier alpha value is -0.750. The molecular formula is C11H21NO4S. The van der Waals surface area contributed by atoms with E-state index in [1.54, 1.807) is 20.8 Å². The molecule has 0 aromatic heterocycles. The van der Waals surface area contributed by atoms with Crippen LogP contribution in [0.2, 0.25) is 0 Å². The second-order valence-corrected chi connectivity index (χ2v) is 5.49. The summed E-state index contributed by atoms with van der Waals surface area (Å²) in [4.78, 5) is 22.2. The fourth-order valence-electron chi connectivity index (χ4n) is 1.03. The summed E-state index contributed by atoms with van der Waals surface area (Å²) < 4.78 is 7.66. The van der Waals surface area contributed by atoms with Gasteiger partial charge in [-0.05, 0) is 27.2 Å². The van der Waals surface area contributed by atoms with E-state index < -0.39 is 22.9 Å². The number of ether oxygens (including phenoxy) is 1. The van der Waals surface area contributed by atoms with E-state index in [2.05, 4.69) is 4.72 Å². The first-order chi connectivity index (χ1) is 7.76. The Morgan fingerprint density at radius 2 is 2.00 bits per heavy atom. The predicted molar refractivity (Wildman–Crippen MR) is 67.9 cm³/mol. The summed E-state index contributed by atoms with van der Waals surface area (Å²) in [7, 11) is 0. The molecule has 0 radical (unpaired) electrons. The zero-order valence-electron chi connectivity index (χ0n) is 10.8. The number of carboxylic acid groups (broad SMARTS) is 1. The van der Waals surface area contributed by atoms with E-state index in [9.17, 15) is 9.59 Å². The van der Waals surface area contributed by atoms with Crippen LogP contribution in [-0.4, -0.2) is 28.0 Å². The molecule has 0 unspecified atom stereocenters. The van der Waals surface area contributed by atoms with Gasteiger partial charge in [0.2, 0.25) is 0 Å². The van der Waals surface area contributed by atoms with Gasteiger partial charge in [0.15, 0.2) is 0 Å². The van der Waals surface area contributed by atoms with Crippen LogP contribution in [0.5, 0.6) is 0 Å². The highest BCUT2D eigenvalue weighted by Crippen LogP contribution is 2.14. The van der Waals surface area contributed by atoms with Crippen molar-refractivity contribution in [2.75, 3.05) is 0 Å². The van der Waals surface area contributed by atoms with Gasteiger partial charge in [-0.2, -0.15) is 0 Å². The third kappa shape index (κ3) is 9.00. The van der Waals surface area contributed by atoms with Crippen molar-refractivity contribution in [3.05, 3.63) is 0 Å². The average Bonchev–Trinajstić information content (AvgIpc) is 2.14. The Bertz CT molecular complexity index is 263. The molecule has 0 saturated heterocycles. The second-order valence-electron chi connectivity index (χ2n) is 4.72. The van der Waals surface area contributed by atoms with Crippen LogP contribution in [0.25, 0.3) is 0 Å². The van der Waals surface area contributed by atoms with Gasteiger partial charge < -0.3 is 9.84 Å². The van der Waals surface area contributed by atoms with Crippen molar-refractivity contribution < 1.29 is 19.4 Å². The molecule has 100 valence electrons. The third-order valence-corrected chi connectivity index (χ3v) is 2.47. The van der Waals surface area contributed by atoms with E-state index in [-0.39, 0.29) is 0 Å². The predicted octanol–water partition coefficient (Wildman–Crippen LogP) is 2.80. The van der Waals surface area contributed by atoms with Gasteiger partial charge in [-0.1, -0.05) is 19.8 Å². The van der Waals surface area contributed by atoms with Crippen molar-refractivity contribution in [3.8, 4) is 0 Å². The van der Waals surface area contributed by atoms with Crippen molar-refractivity contribution in [3.63, 3.8) is 0 Å². The molecule has 0 aliphatic rings. The Labute approximate surface area is 106 Å². The van der Waals surface area contributed by atoms with E-state index >= 15 is 0 Å². The summed E-state index contributed by atoms with van der Waals surface area (Å²) in [5.41, 5.74) is -0.562. The van der Waals surface area contributed by atoms with Crippen LogP contribution in [0, 0.1) is 0 Å². The topological polar surface area (TPSA) is 75.6 Å². The largest absolute Gasteiger partial charge is 0.480 e. The average molecular weight is 263 g/mol. The van der Waals surface area contributed by atoms with Crippen molar-refractivity contribution in [2.24, 2.45) is 0 Å². The molecule has 0 aliphatic carbocycles. The van der Waals surface area contributed by atoms with E-state index in [1.165, 1.54) is 0 Å². The molecule has 0 fully saturated rings. The Morgan fingerprint density at radius 1 is 1.41 bits per heavy atom. The lowest BCUT2D eigenvalue weighted by Crippen LogP contribution is -2.34. The summed E-state index contributed by atoms with van der Waals surface area (Å²) >= 11 is 0.698. The molecule has 0 aromatic carbocycles. The molecule has 0 bridgehead atoms. The lowest BCUT2D eigenvalue weighted by Gasteiger charge is -2.19. The van der Waals surface area contributed by atoms with Gasteiger partial charge in [-0.3, -0.25) is 4.79 Å². The van der Waals surface area contributed by atoms with Crippen LogP contribution in [-0.2, 0) is 9.53 Å². The van der Waals surface area contributed by atoms with E-state index in [1.807, 2.05) is 6.92 Å². The van der Waals surface area contributed by atoms with Crippen LogP contribution in [0.1, 0.15) is 47.0 Å². The van der Waals surface area contributed by atoms with Crippen LogP contribution in [0.15, 0.2) is 0 Å². The zero-order chi connectivity index (χ0) is 13.5. The normalized spacial score (nSPS) is 13.2. The lowest BCUT2D eigenvalue weighted by atomic mass is 10.1. The fraction of sp³-hybridized carbons (Fsp3) is 0.818. The SMILES string of the molecule is CCCC[C@H](NSC(=O)OC(C)(C)C)C(=O)O. The molecule has 0 aliphatic heterocycles. The van der Waals surface area contributed by atoms with Gasteiger partial charge in [0, 0.05) is 11.9 Å². The van der Waals surface area contributed by atoms with Gasteiger partial charge in [-0.15, -0.1) is 0 Å². The molecule has 2 N–H and O–H groups in total. The summed E-state index contributed by atoms with van der Waals surface area (Å²) in [6.45, 7) is 7.27. The second kappa shape index (κ2) is 7.55. The van der Waals surface area contributed by atoms with Gasteiger partial charge in [-0.25, -0.2) is 9.52 Å². The Balaban J connectivity index is 4.04. The standard InChI is InChI=1S/C11H21NO4S/c1-5-6-7-8(9(13)14)12-17-10(15)16-11(2,3)4/h8,12H,5-7H2,1-4H3,(H,13,14)/t8-/m0/s1. The van der Waals surface area contributed by atoms with Crippen molar-refractivity contribution in [2.45, 2.75) is 58.6 Å². The summed E-state index contributed by atoms with van der Waals surface area (Å²) in [5, 5.41) is 8.40. The quantitative estimate of drug-likeness (QED) is 0.567. The molecule has 1 atom stereocenters. The van der Waals surface area contributed by atoms with Crippen LogP contribution >= 0.6 is 11.9 Å². The van der Waals surface area contributed by atoms with Crippen LogP contribution < -0.4 is 4.72 Å². The molecular weight excluding hydrogens is 242 g/mol. The first kappa shape index (κ1) is 16.2. The number of aliphatic carboxylic acids is 1. The number of nitrogens with one attached hydrogen (secondary N) is 1. The number of carbonyl (C=O) groups excluding carboxylic acids is 1. The minimum atomic E-state index is -0.950. The first-order valence-electron chi connectivity index (χ1n) is 5.64. The maximum Gasteiger partial charge on any atom is 0.383 e. The molecule has 0 amide bonds. The number of unbranched alkanes of at least 4 members (excludes halogenated alkanes) is 1. The summed E-state index contributed by atoms with van der Waals surface area (Å²) in [6.07, 6.45) is 2.23. The van der Waals surface area contributed by atoms with Gasteiger partial charge in [0.1, 0.15) is 11.6 Å². The van der Waals surface area contributed by atoms with E-state index in [0.29, 0.717) is 18.4 Å². The highest BCUT2D eigenvalue weighted by Gasteiger charge is 2.21. The number of hydrogen-bond donors (Lipinski definition) is 2. The number of hydrogen-bond acceptors (Lipinski definition) is 5. The number of carbonyl (C=O) groups is 2. The maximum atomic E-state index is 11.3. The Morgan fingerprint density at radius 3 is 2.41 bits per heavy atom. The smallest absolute Gasteiger partial charge is 0.383 e. The molecule has 0 aromatic rings. The number of carboxylic acids is 1. The van der Waals surface area contributed by atoms with E-state index in [4.69, 9.17) is 9.84 Å². The minimum absolute atomic E-state index is 0.502. The maximum absolute atomic E-state index is 11.3. The number of rotatable bonds is 6. The monoisotopic (exact) mass is 263 g/mol. The lowest BCUT2D eigenvalue weighted by molar-refractivity contribution is -0.139. The summed E-state index contributed by atoms with van der Waals surface area (Å²) in [5.74, 6) is -0.950. The molecule has 17 heavy (non-hydrogen) atoms. The van der Waals surface area contributed by atoms with Gasteiger partial charge >= 0.3 is 11.3 Å². The van der Waals surface area contributed by atoms with Crippen molar-refractivity contribution >= 4 is 23.2 Å². The molecule has 5 nitrogen and oxygen atoms in total.